The van der Waals surface area contributed by atoms with E-state index < -0.39 is 11.5 Å². The zero-order valence-corrected chi connectivity index (χ0v) is 13.3. The molecular weight excluding hydrogens is 320 g/mol. The van der Waals surface area contributed by atoms with Crippen molar-refractivity contribution in [3.05, 3.63) is 71.8 Å². The molecule has 0 N–H and O–H groups in total. The van der Waals surface area contributed by atoms with E-state index in [2.05, 4.69) is 4.74 Å². The summed E-state index contributed by atoms with van der Waals surface area (Å²) >= 11 is 1.85. The van der Waals surface area contributed by atoms with Crippen LogP contribution in [0.1, 0.15) is 11.1 Å². The van der Waals surface area contributed by atoms with Crippen LogP contribution in [0.4, 0.5) is 9.59 Å². The average Bonchev–Trinajstić information content (AvgIpc) is 2.55. The number of carbonyl (C=O) groups is 2. The van der Waals surface area contributed by atoms with E-state index in [4.69, 9.17) is 4.18 Å². The molecule has 22 heavy (non-hydrogen) atoms. The molecule has 0 spiro atoms. The molecule has 4 nitrogen and oxygen atoms in total. The molecule has 0 fully saturated rings. The van der Waals surface area contributed by atoms with Gasteiger partial charge >= 0.3 is 11.5 Å². The van der Waals surface area contributed by atoms with Gasteiger partial charge in [-0.15, -0.1) is 0 Å². The summed E-state index contributed by atoms with van der Waals surface area (Å²) in [5.74, 6) is 0.950. The van der Waals surface area contributed by atoms with Crippen molar-refractivity contribution >= 4 is 35.3 Å². The molecule has 114 valence electrons. The van der Waals surface area contributed by atoms with Gasteiger partial charge in [-0.3, -0.25) is 0 Å². The van der Waals surface area contributed by atoms with Crippen molar-refractivity contribution in [3.63, 3.8) is 0 Å². The van der Waals surface area contributed by atoms with Crippen molar-refractivity contribution in [2.45, 2.75) is 11.5 Å². The maximum absolute atomic E-state index is 11.5. The van der Waals surface area contributed by atoms with Gasteiger partial charge in [-0.1, -0.05) is 60.7 Å². The van der Waals surface area contributed by atoms with Crippen molar-refractivity contribution < 1.29 is 18.5 Å². The van der Waals surface area contributed by atoms with Gasteiger partial charge in [0.25, 0.3) is 0 Å². The summed E-state index contributed by atoms with van der Waals surface area (Å²) in [6.45, 7) is 0. The summed E-state index contributed by atoms with van der Waals surface area (Å²) in [5.41, 5.74) is 2.00. The van der Waals surface area contributed by atoms with Gasteiger partial charge in [-0.25, -0.2) is 9.59 Å². The quantitative estimate of drug-likeness (QED) is 0.434. The lowest BCUT2D eigenvalue weighted by molar-refractivity contribution is 0.135. The smallest absolute Gasteiger partial charge is 0.359 e. The summed E-state index contributed by atoms with van der Waals surface area (Å²) in [4.78, 5) is 22.8. The zero-order chi connectivity index (χ0) is 15.6. The van der Waals surface area contributed by atoms with Gasteiger partial charge in [0.05, 0.1) is 17.8 Å². The van der Waals surface area contributed by atoms with Gasteiger partial charge in [0, 0.05) is 5.75 Å². The molecule has 0 amide bonds. The van der Waals surface area contributed by atoms with E-state index in [1.54, 1.807) is 0 Å². The normalized spacial score (nSPS) is 10.0. The molecule has 0 saturated heterocycles. The van der Waals surface area contributed by atoms with Crippen molar-refractivity contribution in [2.75, 3.05) is 0 Å². The van der Waals surface area contributed by atoms with Gasteiger partial charge in [0.2, 0.25) is 0 Å². The Bertz CT molecular complexity index is 602. The summed E-state index contributed by atoms with van der Waals surface area (Å²) in [7, 11) is 0. The predicted octanol–water partition coefficient (Wildman–Crippen LogP) is 5.04. The highest BCUT2D eigenvalue weighted by Crippen LogP contribution is 2.17. The summed E-state index contributed by atoms with van der Waals surface area (Å²) in [6.07, 6.45) is -0.994. The number of benzene rings is 2. The first kappa shape index (κ1) is 16.5. The Hall–Kier alpha value is -1.92. The molecule has 2 aromatic carbocycles. The van der Waals surface area contributed by atoms with Crippen LogP contribution in [0, 0.1) is 0 Å². The van der Waals surface area contributed by atoms with E-state index in [1.807, 2.05) is 60.7 Å². The van der Waals surface area contributed by atoms with Gasteiger partial charge in [-0.2, -0.15) is 0 Å². The highest BCUT2D eigenvalue weighted by atomic mass is 32.2. The number of hydrogen-bond acceptors (Lipinski definition) is 6. The highest BCUT2D eigenvalue weighted by molar-refractivity contribution is 8.12. The van der Waals surface area contributed by atoms with Gasteiger partial charge in [0.15, 0.2) is 0 Å². The van der Waals surface area contributed by atoms with Crippen molar-refractivity contribution in [1.29, 1.82) is 0 Å². The monoisotopic (exact) mass is 334 g/mol. The number of ether oxygens (including phenoxy) is 1. The van der Waals surface area contributed by atoms with Crippen LogP contribution in [0.25, 0.3) is 0 Å². The molecule has 0 aliphatic carbocycles. The lowest BCUT2D eigenvalue weighted by Gasteiger charge is -2.03. The van der Waals surface area contributed by atoms with E-state index in [-0.39, 0.29) is 0 Å². The van der Waals surface area contributed by atoms with Crippen LogP contribution >= 0.6 is 23.8 Å². The standard InChI is InChI=1S/C16H14O4S2/c17-15(20-22-12-14-9-5-2-6-10-14)19-16(18)21-11-13-7-3-1-4-8-13/h1-10H,11-12H2. The highest BCUT2D eigenvalue weighted by Gasteiger charge is 2.13. The van der Waals surface area contributed by atoms with E-state index in [0.29, 0.717) is 11.5 Å². The fourth-order valence-corrected chi connectivity index (χ4v) is 2.67. The van der Waals surface area contributed by atoms with E-state index in [1.165, 1.54) is 0 Å². The molecule has 2 aromatic rings. The van der Waals surface area contributed by atoms with Crippen molar-refractivity contribution in [1.82, 2.24) is 0 Å². The molecule has 0 aliphatic heterocycles. The molecule has 0 aromatic heterocycles. The fraction of sp³-hybridized carbons (Fsp3) is 0.125. The molecule has 0 atom stereocenters. The van der Waals surface area contributed by atoms with Crippen molar-refractivity contribution in [3.8, 4) is 0 Å². The van der Waals surface area contributed by atoms with E-state index in [9.17, 15) is 9.59 Å². The first-order valence-electron chi connectivity index (χ1n) is 6.50. The molecule has 0 saturated carbocycles. The minimum Gasteiger partial charge on any atom is -0.359 e. The number of hydrogen-bond donors (Lipinski definition) is 0. The molecule has 2 rings (SSSR count). The molecule has 0 aliphatic rings. The molecule has 0 radical (unpaired) electrons. The average molecular weight is 334 g/mol. The number of rotatable bonds is 5. The summed E-state index contributed by atoms with van der Waals surface area (Å²) in [6, 6.07) is 19.0. The lowest BCUT2D eigenvalue weighted by atomic mass is 10.2. The summed E-state index contributed by atoms with van der Waals surface area (Å²) in [5, 5.41) is -0.672. The Morgan fingerprint density at radius 1 is 0.818 bits per heavy atom. The first-order valence-corrected chi connectivity index (χ1v) is 8.39. The lowest BCUT2D eigenvalue weighted by Crippen LogP contribution is -2.07. The van der Waals surface area contributed by atoms with Crippen LogP contribution in [-0.2, 0) is 20.4 Å². The molecule has 0 heterocycles. The molecule has 0 unspecified atom stereocenters. The third kappa shape index (κ3) is 6.24. The Kier molecular flexibility index (Phi) is 6.86. The first-order chi connectivity index (χ1) is 10.7. The van der Waals surface area contributed by atoms with E-state index >= 15 is 0 Å². The fourth-order valence-electron chi connectivity index (χ4n) is 1.55. The second-order valence-electron chi connectivity index (χ2n) is 4.21. The number of carbonyl (C=O) groups excluding carboxylic acids is 2. The minimum atomic E-state index is -0.994. The maximum atomic E-state index is 11.5. The second kappa shape index (κ2) is 9.17. The van der Waals surface area contributed by atoms with Crippen LogP contribution in [0.3, 0.4) is 0 Å². The van der Waals surface area contributed by atoms with Crippen molar-refractivity contribution in [2.24, 2.45) is 0 Å². The molecule has 0 bridgehead atoms. The summed E-state index contributed by atoms with van der Waals surface area (Å²) < 4.78 is 9.34. The van der Waals surface area contributed by atoms with Crippen LogP contribution in [0.5, 0.6) is 0 Å². The minimum absolute atomic E-state index is 0.449. The maximum Gasteiger partial charge on any atom is 0.529 e. The Balaban J connectivity index is 1.63. The van der Waals surface area contributed by atoms with Gasteiger partial charge in [0.1, 0.15) is 0 Å². The third-order valence-corrected chi connectivity index (χ3v) is 4.06. The van der Waals surface area contributed by atoms with E-state index in [0.717, 1.165) is 34.9 Å². The van der Waals surface area contributed by atoms with Crippen LogP contribution in [0.15, 0.2) is 60.7 Å². The SMILES string of the molecule is O=C(OSCc1ccccc1)OC(=O)SCc1ccccc1. The van der Waals surface area contributed by atoms with Gasteiger partial charge in [-0.05, 0) is 22.9 Å². The van der Waals surface area contributed by atoms with Crippen LogP contribution in [-0.4, -0.2) is 11.5 Å². The largest absolute Gasteiger partial charge is 0.529 e. The Labute approximate surface area is 137 Å². The predicted molar refractivity (Wildman–Crippen MR) is 88.4 cm³/mol. The molecular formula is C16H14O4S2. The number of thioether (sulfide) groups is 1. The topological polar surface area (TPSA) is 52.6 Å². The van der Waals surface area contributed by atoms with Gasteiger partial charge < -0.3 is 8.92 Å². The Morgan fingerprint density at radius 2 is 1.36 bits per heavy atom. The zero-order valence-electron chi connectivity index (χ0n) is 11.6. The van der Waals surface area contributed by atoms with Crippen LogP contribution < -0.4 is 0 Å². The van der Waals surface area contributed by atoms with Crippen LogP contribution in [0.2, 0.25) is 0 Å². The third-order valence-electron chi connectivity index (χ3n) is 2.56. The Morgan fingerprint density at radius 3 is 1.95 bits per heavy atom. The molecule has 6 heteroatoms. The second-order valence-corrected chi connectivity index (χ2v) is 5.81.